The van der Waals surface area contributed by atoms with Gasteiger partial charge in [-0.05, 0) is 25.9 Å². The van der Waals surface area contributed by atoms with Crippen molar-refractivity contribution < 1.29 is 0 Å². The van der Waals surface area contributed by atoms with Gasteiger partial charge in [-0.15, -0.1) is 0 Å². The van der Waals surface area contributed by atoms with Crippen molar-refractivity contribution in [2.24, 2.45) is 0 Å². The van der Waals surface area contributed by atoms with Crippen LogP contribution < -0.4 is 16.0 Å². The molecule has 3 nitrogen and oxygen atoms in total. The van der Waals surface area contributed by atoms with E-state index in [1.165, 1.54) is 38.5 Å². The summed E-state index contributed by atoms with van der Waals surface area (Å²) >= 11 is 0. The average Bonchev–Trinajstić information content (AvgIpc) is 2.26. The molecule has 0 atom stereocenters. The van der Waals surface area contributed by atoms with Crippen molar-refractivity contribution in [3.05, 3.63) is 0 Å². The summed E-state index contributed by atoms with van der Waals surface area (Å²) in [4.78, 5) is 0. The molecule has 0 radical (unpaired) electrons. The van der Waals surface area contributed by atoms with Gasteiger partial charge < -0.3 is 10.6 Å². The number of hydrogen-bond donors (Lipinski definition) is 3. The number of hydrogen-bond acceptors (Lipinski definition) is 3. The lowest BCUT2D eigenvalue weighted by molar-refractivity contribution is 0.512. The van der Waals surface area contributed by atoms with Crippen molar-refractivity contribution in [1.82, 2.24) is 16.0 Å². The largest absolute Gasteiger partial charge is 0.304 e. The normalized spacial score (nSPS) is 10.8. The molecule has 0 aromatic carbocycles. The van der Waals surface area contributed by atoms with Gasteiger partial charge in [-0.1, -0.05) is 39.5 Å². The number of unbranched alkanes of at least 4 members (excludes halogenated alkanes) is 4. The molecular weight excluding hydrogens is 186 g/mol. The van der Waals surface area contributed by atoms with Gasteiger partial charge in [0.05, 0.1) is 0 Å². The molecule has 0 amide bonds. The summed E-state index contributed by atoms with van der Waals surface area (Å²) in [5, 5.41) is 10.1. The van der Waals surface area contributed by atoms with Gasteiger partial charge in [0, 0.05) is 13.3 Å². The Morgan fingerprint density at radius 1 is 0.600 bits per heavy atom. The highest BCUT2D eigenvalue weighted by molar-refractivity contribution is 4.49. The minimum absolute atomic E-state index is 0.921. The first-order chi connectivity index (χ1) is 7.41. The summed E-state index contributed by atoms with van der Waals surface area (Å²) in [6.07, 6.45) is 7.86. The lowest BCUT2D eigenvalue weighted by atomic mass is 10.2. The van der Waals surface area contributed by atoms with E-state index in [0.717, 1.165) is 26.4 Å². The summed E-state index contributed by atoms with van der Waals surface area (Å²) < 4.78 is 0. The smallest absolute Gasteiger partial charge is 0.0464 e. The van der Waals surface area contributed by atoms with E-state index >= 15 is 0 Å². The molecule has 0 spiro atoms. The Labute approximate surface area is 95.4 Å². The maximum absolute atomic E-state index is 3.37. The van der Waals surface area contributed by atoms with Gasteiger partial charge in [0.2, 0.25) is 0 Å². The fraction of sp³-hybridized carbons (Fsp3) is 1.00. The quantitative estimate of drug-likeness (QED) is 0.344. The van der Waals surface area contributed by atoms with Crippen LogP contribution >= 0.6 is 0 Å². The highest BCUT2D eigenvalue weighted by Crippen LogP contribution is 1.90. The maximum Gasteiger partial charge on any atom is 0.0464 e. The molecule has 3 heteroatoms. The number of rotatable bonds is 12. The van der Waals surface area contributed by atoms with E-state index in [2.05, 4.69) is 29.8 Å². The summed E-state index contributed by atoms with van der Waals surface area (Å²) in [6, 6.07) is 0. The van der Waals surface area contributed by atoms with Crippen LogP contribution in [0.15, 0.2) is 0 Å². The second-order valence-electron chi connectivity index (χ2n) is 4.02. The van der Waals surface area contributed by atoms with Crippen molar-refractivity contribution in [3.8, 4) is 0 Å². The minimum Gasteiger partial charge on any atom is -0.304 e. The average molecular weight is 215 g/mol. The van der Waals surface area contributed by atoms with E-state index < -0.39 is 0 Å². The molecule has 0 bridgehead atoms. The SMILES string of the molecule is CCCCCNCNCNCCCCC. The van der Waals surface area contributed by atoms with Crippen LogP contribution in [0.5, 0.6) is 0 Å². The van der Waals surface area contributed by atoms with Crippen molar-refractivity contribution in [3.63, 3.8) is 0 Å². The molecule has 0 rings (SSSR count). The molecule has 0 aromatic rings. The van der Waals surface area contributed by atoms with E-state index in [4.69, 9.17) is 0 Å². The Morgan fingerprint density at radius 2 is 1.07 bits per heavy atom. The van der Waals surface area contributed by atoms with E-state index in [0.29, 0.717) is 0 Å². The predicted molar refractivity (Wildman–Crippen MR) is 67.9 cm³/mol. The minimum atomic E-state index is 0.921. The van der Waals surface area contributed by atoms with Gasteiger partial charge in [-0.25, -0.2) is 0 Å². The zero-order valence-corrected chi connectivity index (χ0v) is 10.6. The summed E-state index contributed by atoms with van der Waals surface area (Å²) in [5.74, 6) is 0. The third kappa shape index (κ3) is 13.9. The van der Waals surface area contributed by atoms with Gasteiger partial charge in [0.1, 0.15) is 0 Å². The molecule has 92 valence electrons. The molecule has 0 aliphatic heterocycles. The number of nitrogens with one attached hydrogen (secondary N) is 3. The highest BCUT2D eigenvalue weighted by Gasteiger charge is 1.88. The van der Waals surface area contributed by atoms with Crippen LogP contribution in [0.3, 0.4) is 0 Å². The molecule has 0 aliphatic rings. The molecule has 0 aliphatic carbocycles. The molecule has 0 saturated heterocycles. The second kappa shape index (κ2) is 13.9. The van der Waals surface area contributed by atoms with E-state index in [-0.39, 0.29) is 0 Å². The third-order valence-corrected chi connectivity index (χ3v) is 2.41. The molecule has 0 aromatic heterocycles. The Morgan fingerprint density at radius 3 is 1.47 bits per heavy atom. The van der Waals surface area contributed by atoms with Gasteiger partial charge in [0.25, 0.3) is 0 Å². The Bertz CT molecular complexity index is 95.0. The molecule has 15 heavy (non-hydrogen) atoms. The van der Waals surface area contributed by atoms with E-state index in [1.807, 2.05) is 0 Å². The predicted octanol–water partition coefficient (Wildman–Crippen LogP) is 2.05. The van der Waals surface area contributed by atoms with Gasteiger partial charge in [-0.3, -0.25) is 5.32 Å². The Kier molecular flexibility index (Phi) is 13.8. The maximum atomic E-state index is 3.37. The zero-order chi connectivity index (χ0) is 11.2. The van der Waals surface area contributed by atoms with Gasteiger partial charge in [-0.2, -0.15) is 0 Å². The fourth-order valence-corrected chi connectivity index (χ4v) is 1.42. The van der Waals surface area contributed by atoms with Crippen molar-refractivity contribution in [1.29, 1.82) is 0 Å². The monoisotopic (exact) mass is 215 g/mol. The lowest BCUT2D eigenvalue weighted by Crippen LogP contribution is -2.36. The summed E-state index contributed by atoms with van der Waals surface area (Å²) in [7, 11) is 0. The zero-order valence-electron chi connectivity index (χ0n) is 10.6. The first-order valence-electron chi connectivity index (χ1n) is 6.54. The molecule has 3 N–H and O–H groups in total. The third-order valence-electron chi connectivity index (χ3n) is 2.41. The van der Waals surface area contributed by atoms with Crippen LogP contribution in [-0.4, -0.2) is 26.4 Å². The molecular formula is C12H29N3. The Balaban J connectivity index is 2.81. The summed E-state index contributed by atoms with van der Waals surface area (Å²) in [5.41, 5.74) is 0. The Hall–Kier alpha value is -0.120. The van der Waals surface area contributed by atoms with E-state index in [9.17, 15) is 0 Å². The first kappa shape index (κ1) is 14.9. The van der Waals surface area contributed by atoms with Crippen LogP contribution in [0.1, 0.15) is 52.4 Å². The van der Waals surface area contributed by atoms with Crippen molar-refractivity contribution >= 4 is 0 Å². The van der Waals surface area contributed by atoms with Crippen LogP contribution in [0.4, 0.5) is 0 Å². The highest BCUT2D eigenvalue weighted by atomic mass is 15.1. The molecule has 0 fully saturated rings. The van der Waals surface area contributed by atoms with Crippen LogP contribution in [-0.2, 0) is 0 Å². The second-order valence-corrected chi connectivity index (χ2v) is 4.02. The van der Waals surface area contributed by atoms with Gasteiger partial charge >= 0.3 is 0 Å². The topological polar surface area (TPSA) is 36.1 Å². The standard InChI is InChI=1S/C12H29N3/c1-3-5-7-9-13-11-15-12-14-10-8-6-4-2/h13-15H,3-12H2,1-2H3. The van der Waals surface area contributed by atoms with Crippen LogP contribution in [0.2, 0.25) is 0 Å². The van der Waals surface area contributed by atoms with Crippen LogP contribution in [0.25, 0.3) is 0 Å². The molecule has 0 unspecified atom stereocenters. The molecule has 0 saturated carbocycles. The summed E-state index contributed by atoms with van der Waals surface area (Å²) in [6.45, 7) is 8.58. The fourth-order valence-electron chi connectivity index (χ4n) is 1.42. The van der Waals surface area contributed by atoms with Crippen molar-refractivity contribution in [2.75, 3.05) is 26.4 Å². The van der Waals surface area contributed by atoms with Crippen molar-refractivity contribution in [2.45, 2.75) is 52.4 Å². The van der Waals surface area contributed by atoms with Crippen LogP contribution in [0, 0.1) is 0 Å². The van der Waals surface area contributed by atoms with Gasteiger partial charge in [0.15, 0.2) is 0 Å². The molecule has 0 heterocycles. The first-order valence-corrected chi connectivity index (χ1v) is 6.54. The lowest BCUT2D eigenvalue weighted by Gasteiger charge is -2.07. The van der Waals surface area contributed by atoms with E-state index in [1.54, 1.807) is 0 Å².